The molecule has 0 aromatic heterocycles. The van der Waals surface area contributed by atoms with E-state index in [1.54, 1.807) is 0 Å². The number of anilines is 1. The first-order valence-corrected chi connectivity index (χ1v) is 8.15. The fourth-order valence-corrected chi connectivity index (χ4v) is 2.72. The molecule has 1 fully saturated rings. The zero-order chi connectivity index (χ0) is 16.8. The van der Waals surface area contributed by atoms with Gasteiger partial charge in [-0.05, 0) is 29.8 Å². The van der Waals surface area contributed by atoms with Crippen LogP contribution in [0.2, 0.25) is 0 Å². The number of carbonyl (C=O) groups is 2. The molecule has 2 amide bonds. The number of benzene rings is 2. The Balaban J connectivity index is 1.58. The molecule has 1 aliphatic heterocycles. The van der Waals surface area contributed by atoms with Gasteiger partial charge < -0.3 is 10.6 Å². The highest BCUT2D eigenvalue weighted by Gasteiger charge is 2.13. The first kappa shape index (κ1) is 16.2. The van der Waals surface area contributed by atoms with Gasteiger partial charge in [-0.25, -0.2) is 0 Å². The summed E-state index contributed by atoms with van der Waals surface area (Å²) in [5.41, 5.74) is 2.56. The molecule has 0 unspecified atom stereocenters. The maximum atomic E-state index is 12.2. The van der Waals surface area contributed by atoms with Gasteiger partial charge in [0.25, 0.3) is 5.91 Å². The Hall–Kier alpha value is -2.66. The van der Waals surface area contributed by atoms with Crippen LogP contribution in [0.1, 0.15) is 22.3 Å². The second kappa shape index (κ2) is 7.75. The number of amides is 2. The van der Waals surface area contributed by atoms with Crippen LogP contribution >= 0.6 is 0 Å². The topological polar surface area (TPSA) is 61.4 Å². The van der Waals surface area contributed by atoms with Crippen LogP contribution in [0.25, 0.3) is 0 Å². The molecule has 5 heteroatoms. The first-order chi connectivity index (χ1) is 11.7. The zero-order valence-electron chi connectivity index (χ0n) is 13.5. The number of rotatable bonds is 4. The summed E-state index contributed by atoms with van der Waals surface area (Å²) in [6.07, 6.45) is 0.539. The normalized spacial score (nSPS) is 15.4. The summed E-state index contributed by atoms with van der Waals surface area (Å²) in [5.74, 6) is 0.00255. The maximum Gasteiger partial charge on any atom is 0.255 e. The van der Waals surface area contributed by atoms with E-state index in [0.29, 0.717) is 18.5 Å². The number of hydrogen-bond acceptors (Lipinski definition) is 3. The molecule has 0 spiro atoms. The smallest absolute Gasteiger partial charge is 0.255 e. The molecule has 0 radical (unpaired) electrons. The SMILES string of the molecule is O=C1CCN(Cc2ccc(C(=O)Nc3ccccc3)cc2)CCN1. The van der Waals surface area contributed by atoms with Crippen LogP contribution < -0.4 is 10.6 Å². The van der Waals surface area contributed by atoms with Crippen molar-refractivity contribution in [2.75, 3.05) is 25.0 Å². The monoisotopic (exact) mass is 323 g/mol. The van der Waals surface area contributed by atoms with Crippen LogP contribution in [-0.2, 0) is 11.3 Å². The highest BCUT2D eigenvalue weighted by Crippen LogP contribution is 2.12. The minimum Gasteiger partial charge on any atom is -0.355 e. The maximum absolute atomic E-state index is 12.2. The number of carbonyl (C=O) groups excluding carboxylic acids is 2. The quantitative estimate of drug-likeness (QED) is 0.907. The summed E-state index contributed by atoms with van der Waals surface area (Å²) >= 11 is 0. The summed E-state index contributed by atoms with van der Waals surface area (Å²) in [4.78, 5) is 25.8. The summed E-state index contributed by atoms with van der Waals surface area (Å²) in [7, 11) is 0. The van der Waals surface area contributed by atoms with Gasteiger partial charge >= 0.3 is 0 Å². The van der Waals surface area contributed by atoms with Crippen LogP contribution in [-0.4, -0.2) is 36.3 Å². The Morgan fingerprint density at radius 3 is 2.54 bits per heavy atom. The molecule has 0 atom stereocenters. The number of nitrogens with zero attached hydrogens (tertiary/aromatic N) is 1. The molecule has 24 heavy (non-hydrogen) atoms. The molecular weight excluding hydrogens is 302 g/mol. The minimum absolute atomic E-state index is 0.114. The molecule has 0 bridgehead atoms. The molecule has 1 aliphatic rings. The van der Waals surface area contributed by atoms with Gasteiger partial charge in [0.2, 0.25) is 5.91 Å². The van der Waals surface area contributed by atoms with E-state index in [0.717, 1.165) is 30.9 Å². The van der Waals surface area contributed by atoms with Gasteiger partial charge in [0.15, 0.2) is 0 Å². The van der Waals surface area contributed by atoms with Gasteiger partial charge in [-0.3, -0.25) is 14.5 Å². The summed E-state index contributed by atoms with van der Waals surface area (Å²) in [6.45, 7) is 3.09. The number of hydrogen-bond donors (Lipinski definition) is 2. The summed E-state index contributed by atoms with van der Waals surface area (Å²) in [5, 5.41) is 5.75. The fourth-order valence-electron chi connectivity index (χ4n) is 2.72. The molecule has 0 aliphatic carbocycles. The van der Waals surface area contributed by atoms with E-state index in [2.05, 4.69) is 15.5 Å². The fraction of sp³-hybridized carbons (Fsp3) is 0.263. The Labute approximate surface area is 141 Å². The lowest BCUT2D eigenvalue weighted by atomic mass is 10.1. The average molecular weight is 323 g/mol. The third-order valence-electron chi connectivity index (χ3n) is 4.06. The van der Waals surface area contributed by atoms with Crippen molar-refractivity contribution in [3.8, 4) is 0 Å². The largest absolute Gasteiger partial charge is 0.355 e. The van der Waals surface area contributed by atoms with Crippen molar-refractivity contribution in [2.24, 2.45) is 0 Å². The lowest BCUT2D eigenvalue weighted by Crippen LogP contribution is -2.28. The zero-order valence-corrected chi connectivity index (χ0v) is 13.5. The highest BCUT2D eigenvalue weighted by molar-refractivity contribution is 6.04. The molecule has 0 saturated carbocycles. The molecule has 2 aromatic carbocycles. The Morgan fingerprint density at radius 2 is 1.79 bits per heavy atom. The van der Waals surface area contributed by atoms with Crippen molar-refractivity contribution in [1.82, 2.24) is 10.2 Å². The Bertz CT molecular complexity index is 698. The van der Waals surface area contributed by atoms with Crippen molar-refractivity contribution in [3.05, 3.63) is 65.7 Å². The second-order valence-electron chi connectivity index (χ2n) is 5.89. The van der Waals surface area contributed by atoms with Gasteiger partial charge in [0.05, 0.1) is 0 Å². The predicted molar refractivity (Wildman–Crippen MR) is 93.7 cm³/mol. The molecule has 3 rings (SSSR count). The molecule has 5 nitrogen and oxygen atoms in total. The Morgan fingerprint density at radius 1 is 1.04 bits per heavy atom. The number of para-hydroxylation sites is 1. The van der Waals surface area contributed by atoms with Gasteiger partial charge in [0.1, 0.15) is 0 Å². The molecule has 1 saturated heterocycles. The van der Waals surface area contributed by atoms with Crippen molar-refractivity contribution < 1.29 is 9.59 Å². The van der Waals surface area contributed by atoms with E-state index in [1.807, 2.05) is 54.6 Å². The minimum atomic E-state index is -0.114. The molecule has 124 valence electrons. The highest BCUT2D eigenvalue weighted by atomic mass is 16.2. The third kappa shape index (κ3) is 4.43. The van der Waals surface area contributed by atoms with Gasteiger partial charge in [-0.2, -0.15) is 0 Å². The summed E-state index contributed by atoms with van der Waals surface area (Å²) in [6, 6.07) is 17.0. The Kier molecular flexibility index (Phi) is 5.23. The van der Waals surface area contributed by atoms with Crippen LogP contribution in [0.3, 0.4) is 0 Å². The van der Waals surface area contributed by atoms with Crippen molar-refractivity contribution in [1.29, 1.82) is 0 Å². The molecular formula is C19H21N3O2. The van der Waals surface area contributed by atoms with Crippen molar-refractivity contribution in [3.63, 3.8) is 0 Å². The first-order valence-electron chi connectivity index (χ1n) is 8.15. The van der Waals surface area contributed by atoms with Crippen LogP contribution in [0.4, 0.5) is 5.69 Å². The number of nitrogens with one attached hydrogen (secondary N) is 2. The van der Waals surface area contributed by atoms with E-state index in [9.17, 15) is 9.59 Å². The van der Waals surface area contributed by atoms with Gasteiger partial charge in [0, 0.05) is 43.9 Å². The van der Waals surface area contributed by atoms with E-state index in [4.69, 9.17) is 0 Å². The van der Waals surface area contributed by atoms with E-state index in [1.165, 1.54) is 0 Å². The van der Waals surface area contributed by atoms with Gasteiger partial charge in [-0.15, -0.1) is 0 Å². The van der Waals surface area contributed by atoms with E-state index >= 15 is 0 Å². The molecule has 2 aromatic rings. The van der Waals surface area contributed by atoms with E-state index in [-0.39, 0.29) is 11.8 Å². The predicted octanol–water partition coefficient (Wildman–Crippen LogP) is 2.26. The standard InChI is InChI=1S/C19H21N3O2/c23-18-10-12-22(13-11-20-18)14-15-6-8-16(9-7-15)19(24)21-17-4-2-1-3-5-17/h1-9H,10-14H2,(H,20,23)(H,21,24). The molecule has 2 N–H and O–H groups in total. The van der Waals surface area contributed by atoms with Crippen molar-refractivity contribution in [2.45, 2.75) is 13.0 Å². The summed E-state index contributed by atoms with van der Waals surface area (Å²) < 4.78 is 0. The van der Waals surface area contributed by atoms with Crippen LogP contribution in [0.5, 0.6) is 0 Å². The van der Waals surface area contributed by atoms with Crippen LogP contribution in [0, 0.1) is 0 Å². The van der Waals surface area contributed by atoms with E-state index < -0.39 is 0 Å². The van der Waals surface area contributed by atoms with Crippen molar-refractivity contribution >= 4 is 17.5 Å². The lowest BCUT2D eigenvalue weighted by Gasteiger charge is -2.19. The van der Waals surface area contributed by atoms with Crippen LogP contribution in [0.15, 0.2) is 54.6 Å². The molecule has 1 heterocycles. The second-order valence-corrected chi connectivity index (χ2v) is 5.89. The lowest BCUT2D eigenvalue weighted by molar-refractivity contribution is -0.120. The average Bonchev–Trinajstić information content (AvgIpc) is 2.81. The van der Waals surface area contributed by atoms with Gasteiger partial charge in [-0.1, -0.05) is 30.3 Å². The third-order valence-corrected chi connectivity index (χ3v) is 4.06.